The zero-order chi connectivity index (χ0) is 21.0. The fourth-order valence-corrected chi connectivity index (χ4v) is 3.26. The molecule has 0 saturated carbocycles. The Kier molecular flexibility index (Phi) is 6.16. The summed E-state index contributed by atoms with van der Waals surface area (Å²) in [7, 11) is 1.57. The summed E-state index contributed by atoms with van der Waals surface area (Å²) in [4.78, 5) is 39.5. The van der Waals surface area contributed by atoms with Crippen molar-refractivity contribution in [3.63, 3.8) is 0 Å². The number of benzene rings is 2. The van der Waals surface area contributed by atoms with Gasteiger partial charge in [-0.1, -0.05) is 6.07 Å². The summed E-state index contributed by atoms with van der Waals surface area (Å²) in [6, 6.07) is 11.5. The average molecular weight is 395 g/mol. The number of amides is 3. The van der Waals surface area contributed by atoms with E-state index in [2.05, 4.69) is 10.6 Å². The summed E-state index contributed by atoms with van der Waals surface area (Å²) in [6.45, 7) is 4.64. The minimum atomic E-state index is -0.851. The number of carbonyl (C=O) groups is 3. The predicted octanol–water partition coefficient (Wildman–Crippen LogP) is 2.28. The van der Waals surface area contributed by atoms with Gasteiger partial charge in [0.25, 0.3) is 5.91 Å². The summed E-state index contributed by atoms with van der Waals surface area (Å²) in [5, 5.41) is 5.51. The first-order valence-corrected chi connectivity index (χ1v) is 9.49. The average Bonchev–Trinajstić information content (AvgIpc) is 2.71. The summed E-state index contributed by atoms with van der Waals surface area (Å²) in [5.74, 6) is -0.224. The molecule has 1 aliphatic heterocycles. The fraction of sp³-hybridized carbons (Fsp3) is 0.318. The van der Waals surface area contributed by atoms with Crippen LogP contribution in [0, 0.1) is 13.8 Å². The third kappa shape index (κ3) is 4.74. The Hall–Kier alpha value is -3.35. The van der Waals surface area contributed by atoms with Crippen LogP contribution in [0.3, 0.4) is 0 Å². The molecule has 0 radical (unpaired) electrons. The van der Waals surface area contributed by atoms with Crippen LogP contribution in [-0.2, 0) is 9.59 Å². The molecule has 3 rings (SSSR count). The predicted molar refractivity (Wildman–Crippen MR) is 110 cm³/mol. The van der Waals surface area contributed by atoms with Crippen molar-refractivity contribution < 1.29 is 19.1 Å². The molecule has 1 saturated heterocycles. The highest BCUT2D eigenvalue weighted by Gasteiger charge is 2.35. The third-order valence-corrected chi connectivity index (χ3v) is 5.10. The second-order valence-corrected chi connectivity index (χ2v) is 7.09. The molecule has 7 heteroatoms. The highest BCUT2D eigenvalue weighted by molar-refractivity contribution is 6.01. The second-order valence-electron chi connectivity index (χ2n) is 7.09. The third-order valence-electron chi connectivity index (χ3n) is 5.10. The van der Waals surface area contributed by atoms with Crippen molar-refractivity contribution in [2.45, 2.75) is 26.3 Å². The smallest absolute Gasteiger partial charge is 0.254 e. The van der Waals surface area contributed by atoms with E-state index < -0.39 is 6.04 Å². The van der Waals surface area contributed by atoms with Gasteiger partial charge in [0.2, 0.25) is 11.8 Å². The molecule has 1 fully saturated rings. The highest BCUT2D eigenvalue weighted by Crippen LogP contribution is 2.19. The van der Waals surface area contributed by atoms with Crippen LogP contribution >= 0.6 is 0 Å². The Balaban J connectivity index is 1.73. The minimum absolute atomic E-state index is 0.117. The van der Waals surface area contributed by atoms with E-state index >= 15 is 0 Å². The molecule has 152 valence electrons. The number of ether oxygens (including phenoxy) is 1. The molecule has 1 aliphatic rings. The second kappa shape index (κ2) is 8.77. The van der Waals surface area contributed by atoms with Crippen LogP contribution in [0.4, 0.5) is 5.69 Å². The van der Waals surface area contributed by atoms with Gasteiger partial charge in [0, 0.05) is 24.3 Å². The number of carbonyl (C=O) groups excluding carboxylic acids is 3. The SMILES string of the molecule is COc1ccc(NC(=O)CC2C(=O)NCCN2C(=O)c2ccc(C)c(C)c2)cc1. The van der Waals surface area contributed by atoms with E-state index in [1.807, 2.05) is 26.0 Å². The Morgan fingerprint density at radius 3 is 2.52 bits per heavy atom. The van der Waals surface area contributed by atoms with Crippen LogP contribution in [0.5, 0.6) is 5.75 Å². The lowest BCUT2D eigenvalue weighted by atomic mass is 10.0. The number of hydrogen-bond donors (Lipinski definition) is 2. The van der Waals surface area contributed by atoms with Gasteiger partial charge in [-0.05, 0) is 61.4 Å². The lowest BCUT2D eigenvalue weighted by Crippen LogP contribution is -2.58. The molecule has 0 bridgehead atoms. The standard InChI is InChI=1S/C22H25N3O4/c1-14-4-5-16(12-15(14)2)22(28)25-11-10-23-21(27)19(25)13-20(26)24-17-6-8-18(29-3)9-7-17/h4-9,12,19H,10-11,13H2,1-3H3,(H,23,27)(H,24,26). The fourth-order valence-electron chi connectivity index (χ4n) is 3.26. The monoisotopic (exact) mass is 395 g/mol. The van der Waals surface area contributed by atoms with E-state index in [0.29, 0.717) is 30.1 Å². The van der Waals surface area contributed by atoms with Gasteiger partial charge in [-0.2, -0.15) is 0 Å². The zero-order valence-electron chi connectivity index (χ0n) is 16.8. The molecule has 2 aromatic rings. The molecule has 1 heterocycles. The molecule has 1 atom stereocenters. The minimum Gasteiger partial charge on any atom is -0.497 e. The maximum atomic E-state index is 13.0. The molecule has 7 nitrogen and oxygen atoms in total. The molecule has 1 unspecified atom stereocenters. The van der Waals surface area contributed by atoms with Gasteiger partial charge in [-0.25, -0.2) is 0 Å². The Bertz CT molecular complexity index is 924. The number of hydrogen-bond acceptors (Lipinski definition) is 4. The lowest BCUT2D eigenvalue weighted by molar-refractivity contribution is -0.131. The number of methoxy groups -OCH3 is 1. The molecule has 29 heavy (non-hydrogen) atoms. The summed E-state index contributed by atoms with van der Waals surface area (Å²) in [5.41, 5.74) is 3.21. The van der Waals surface area contributed by atoms with Crippen LogP contribution in [-0.4, -0.2) is 48.9 Å². The van der Waals surface area contributed by atoms with Crippen LogP contribution in [0.2, 0.25) is 0 Å². The molecule has 0 spiro atoms. The van der Waals surface area contributed by atoms with Crippen molar-refractivity contribution in [1.82, 2.24) is 10.2 Å². The Labute approximate surface area is 170 Å². The van der Waals surface area contributed by atoms with Crippen LogP contribution < -0.4 is 15.4 Å². The van der Waals surface area contributed by atoms with E-state index in [0.717, 1.165) is 11.1 Å². The maximum Gasteiger partial charge on any atom is 0.254 e. The van der Waals surface area contributed by atoms with Crippen molar-refractivity contribution in [1.29, 1.82) is 0 Å². The molecular weight excluding hydrogens is 370 g/mol. The topological polar surface area (TPSA) is 87.7 Å². The summed E-state index contributed by atoms with van der Waals surface area (Å²) < 4.78 is 5.10. The molecule has 3 amide bonds. The molecular formula is C22H25N3O4. The maximum absolute atomic E-state index is 13.0. The summed E-state index contributed by atoms with van der Waals surface area (Å²) >= 11 is 0. The van der Waals surface area contributed by atoms with Gasteiger partial charge in [-0.3, -0.25) is 14.4 Å². The normalized spacial score (nSPS) is 16.2. The molecule has 0 aliphatic carbocycles. The number of aryl methyl sites for hydroxylation is 2. The van der Waals surface area contributed by atoms with E-state index in [-0.39, 0.29) is 24.1 Å². The largest absolute Gasteiger partial charge is 0.497 e. The van der Waals surface area contributed by atoms with Gasteiger partial charge >= 0.3 is 0 Å². The molecule has 2 N–H and O–H groups in total. The van der Waals surface area contributed by atoms with Gasteiger partial charge in [-0.15, -0.1) is 0 Å². The Morgan fingerprint density at radius 1 is 1.14 bits per heavy atom. The van der Waals surface area contributed by atoms with E-state index in [4.69, 9.17) is 4.74 Å². The number of nitrogens with one attached hydrogen (secondary N) is 2. The van der Waals surface area contributed by atoms with E-state index in [1.54, 1.807) is 37.4 Å². The van der Waals surface area contributed by atoms with Crippen molar-refractivity contribution >= 4 is 23.4 Å². The van der Waals surface area contributed by atoms with Crippen LogP contribution in [0.25, 0.3) is 0 Å². The van der Waals surface area contributed by atoms with Gasteiger partial charge in [0.15, 0.2) is 0 Å². The number of nitrogens with zero attached hydrogens (tertiary/aromatic N) is 1. The quantitative estimate of drug-likeness (QED) is 0.813. The first-order valence-electron chi connectivity index (χ1n) is 9.49. The Morgan fingerprint density at radius 2 is 1.86 bits per heavy atom. The van der Waals surface area contributed by atoms with E-state index in [1.165, 1.54) is 4.90 Å². The number of anilines is 1. The van der Waals surface area contributed by atoms with Crippen molar-refractivity contribution in [2.24, 2.45) is 0 Å². The van der Waals surface area contributed by atoms with E-state index in [9.17, 15) is 14.4 Å². The summed E-state index contributed by atoms with van der Waals surface area (Å²) in [6.07, 6.45) is -0.117. The van der Waals surface area contributed by atoms with Crippen molar-refractivity contribution in [3.8, 4) is 5.75 Å². The van der Waals surface area contributed by atoms with Crippen molar-refractivity contribution in [3.05, 3.63) is 59.2 Å². The lowest BCUT2D eigenvalue weighted by Gasteiger charge is -2.35. The molecule has 2 aromatic carbocycles. The van der Waals surface area contributed by atoms with Gasteiger partial charge in [0.05, 0.1) is 13.5 Å². The van der Waals surface area contributed by atoms with Crippen molar-refractivity contribution in [2.75, 3.05) is 25.5 Å². The first kappa shape index (κ1) is 20.4. The molecule has 0 aromatic heterocycles. The van der Waals surface area contributed by atoms with Gasteiger partial charge < -0.3 is 20.3 Å². The van der Waals surface area contributed by atoms with Crippen LogP contribution in [0.15, 0.2) is 42.5 Å². The zero-order valence-corrected chi connectivity index (χ0v) is 16.8. The van der Waals surface area contributed by atoms with Crippen LogP contribution in [0.1, 0.15) is 27.9 Å². The number of piperazine rings is 1. The van der Waals surface area contributed by atoms with Gasteiger partial charge in [0.1, 0.15) is 11.8 Å². The highest BCUT2D eigenvalue weighted by atomic mass is 16.5. The first-order chi connectivity index (χ1) is 13.9. The number of rotatable bonds is 5.